The Balaban J connectivity index is 1.92. The summed E-state index contributed by atoms with van der Waals surface area (Å²) in [6.45, 7) is 2.50. The van der Waals surface area contributed by atoms with E-state index in [-0.39, 0.29) is 11.5 Å². The maximum absolute atomic E-state index is 12.2. The molecule has 0 atom stereocenters. The van der Waals surface area contributed by atoms with Crippen molar-refractivity contribution in [3.8, 4) is 0 Å². The molecule has 7 heteroatoms. The predicted octanol–water partition coefficient (Wildman–Crippen LogP) is 0.355. The van der Waals surface area contributed by atoms with Crippen LogP contribution < -0.4 is 16.8 Å². The van der Waals surface area contributed by atoms with E-state index in [2.05, 4.69) is 10.5 Å². The Bertz CT molecular complexity index is 658. The van der Waals surface area contributed by atoms with Crippen molar-refractivity contribution in [2.75, 3.05) is 0 Å². The van der Waals surface area contributed by atoms with Gasteiger partial charge in [-0.05, 0) is 25.8 Å². The molecule has 0 saturated carbocycles. The zero-order chi connectivity index (χ0) is 14.5. The van der Waals surface area contributed by atoms with Gasteiger partial charge in [0, 0.05) is 25.4 Å². The fourth-order valence-corrected chi connectivity index (χ4v) is 2.14. The smallest absolute Gasteiger partial charge is 0.276 e. The minimum absolute atomic E-state index is 0.0344. The number of hydrogen-bond donors (Lipinski definition) is 2. The molecule has 7 nitrogen and oxygen atoms in total. The normalized spacial score (nSPS) is 10.9. The first-order valence-corrected chi connectivity index (χ1v) is 6.66. The summed E-state index contributed by atoms with van der Waals surface area (Å²) in [5.74, 6) is 4.84. The molecule has 0 spiro atoms. The minimum Gasteiger partial charge on any atom is -0.312 e. The molecule has 0 unspecified atom stereocenters. The summed E-state index contributed by atoms with van der Waals surface area (Å²) in [6.07, 6.45) is 6.45. The lowest BCUT2D eigenvalue weighted by atomic mass is 10.2. The van der Waals surface area contributed by atoms with Gasteiger partial charge in [0.05, 0.1) is 5.69 Å². The number of hydrazine groups is 1. The molecular formula is C13H19N5O2. The molecule has 0 aliphatic carbocycles. The molecule has 0 saturated heterocycles. The topological polar surface area (TPSA) is 94.4 Å². The second kappa shape index (κ2) is 6.33. The van der Waals surface area contributed by atoms with E-state index in [1.54, 1.807) is 27.5 Å². The second-order valence-electron chi connectivity index (χ2n) is 4.79. The van der Waals surface area contributed by atoms with Crippen LogP contribution in [0.3, 0.4) is 0 Å². The summed E-state index contributed by atoms with van der Waals surface area (Å²) >= 11 is 0. The van der Waals surface area contributed by atoms with Crippen LogP contribution in [0.15, 0.2) is 23.3 Å². The molecule has 2 rings (SSSR count). The minimum atomic E-state index is -0.154. The molecule has 20 heavy (non-hydrogen) atoms. The number of rotatable bonds is 6. The Labute approximate surface area is 116 Å². The number of hydrogen-bond acceptors (Lipinski definition) is 4. The monoisotopic (exact) mass is 277 g/mol. The average Bonchev–Trinajstić information content (AvgIpc) is 2.82. The summed E-state index contributed by atoms with van der Waals surface area (Å²) in [6, 6.07) is 1.78. The van der Waals surface area contributed by atoms with Crippen molar-refractivity contribution in [1.29, 1.82) is 0 Å². The van der Waals surface area contributed by atoms with Gasteiger partial charge in [0.1, 0.15) is 5.52 Å². The third-order valence-electron chi connectivity index (χ3n) is 3.19. The number of carbonyl (C=O) groups is 1. The first-order valence-electron chi connectivity index (χ1n) is 6.66. The molecule has 0 aromatic carbocycles. The predicted molar refractivity (Wildman–Crippen MR) is 75.0 cm³/mol. The molecule has 2 aromatic rings. The van der Waals surface area contributed by atoms with Crippen molar-refractivity contribution >= 4 is 11.4 Å². The Hall–Kier alpha value is -2.15. The maximum atomic E-state index is 12.2. The molecule has 0 aliphatic rings. The first-order chi connectivity index (χ1) is 9.61. The fraction of sp³-hybridized carbons (Fsp3) is 0.462. The lowest BCUT2D eigenvalue weighted by Gasteiger charge is -2.05. The summed E-state index contributed by atoms with van der Waals surface area (Å²) in [4.78, 5) is 23.1. The van der Waals surface area contributed by atoms with Gasteiger partial charge in [-0.15, -0.1) is 0 Å². The molecule has 2 heterocycles. The quantitative estimate of drug-likeness (QED) is 0.345. The SMILES string of the molecule is Cc1cc2c(=O)n(CCCCCC(=O)NN)ccn2n1. The van der Waals surface area contributed by atoms with Crippen molar-refractivity contribution < 1.29 is 4.79 Å². The van der Waals surface area contributed by atoms with Gasteiger partial charge in [-0.1, -0.05) is 6.42 Å². The fourth-order valence-electron chi connectivity index (χ4n) is 2.14. The number of carbonyl (C=O) groups excluding carboxylic acids is 1. The zero-order valence-electron chi connectivity index (χ0n) is 11.5. The van der Waals surface area contributed by atoms with Gasteiger partial charge in [0.25, 0.3) is 5.56 Å². The van der Waals surface area contributed by atoms with E-state index in [1.165, 1.54) is 0 Å². The molecule has 108 valence electrons. The summed E-state index contributed by atoms with van der Waals surface area (Å²) in [5.41, 5.74) is 3.48. The molecule has 0 aliphatic heterocycles. The molecule has 2 aromatic heterocycles. The van der Waals surface area contributed by atoms with E-state index in [4.69, 9.17) is 5.84 Å². The van der Waals surface area contributed by atoms with Crippen LogP contribution in [-0.2, 0) is 11.3 Å². The molecule has 0 bridgehead atoms. The zero-order valence-corrected chi connectivity index (χ0v) is 11.5. The van der Waals surface area contributed by atoms with Crippen LogP contribution in [0.2, 0.25) is 0 Å². The van der Waals surface area contributed by atoms with Gasteiger partial charge >= 0.3 is 0 Å². The third-order valence-corrected chi connectivity index (χ3v) is 3.19. The number of aromatic nitrogens is 3. The highest BCUT2D eigenvalue weighted by Crippen LogP contribution is 2.03. The van der Waals surface area contributed by atoms with Crippen LogP contribution >= 0.6 is 0 Å². The molecule has 0 radical (unpaired) electrons. The highest BCUT2D eigenvalue weighted by Gasteiger charge is 2.05. The van der Waals surface area contributed by atoms with E-state index in [9.17, 15) is 9.59 Å². The molecule has 3 N–H and O–H groups in total. The second-order valence-corrected chi connectivity index (χ2v) is 4.79. The van der Waals surface area contributed by atoms with E-state index >= 15 is 0 Å². The van der Waals surface area contributed by atoms with Crippen molar-refractivity contribution in [3.05, 3.63) is 34.5 Å². The Morgan fingerprint density at radius 2 is 2.15 bits per heavy atom. The van der Waals surface area contributed by atoms with E-state index in [0.717, 1.165) is 25.0 Å². The Morgan fingerprint density at radius 3 is 2.90 bits per heavy atom. The van der Waals surface area contributed by atoms with Crippen LogP contribution in [-0.4, -0.2) is 20.1 Å². The number of nitrogens with one attached hydrogen (secondary N) is 1. The first kappa shape index (κ1) is 14.3. The van der Waals surface area contributed by atoms with Gasteiger partial charge < -0.3 is 4.57 Å². The van der Waals surface area contributed by atoms with Crippen LogP contribution in [0.5, 0.6) is 0 Å². The number of unbranched alkanes of at least 4 members (excludes halogenated alkanes) is 2. The van der Waals surface area contributed by atoms with Gasteiger partial charge in [-0.2, -0.15) is 5.10 Å². The van der Waals surface area contributed by atoms with E-state index in [0.29, 0.717) is 18.5 Å². The van der Waals surface area contributed by atoms with Crippen LogP contribution in [0.4, 0.5) is 0 Å². The summed E-state index contributed by atoms with van der Waals surface area (Å²) < 4.78 is 3.28. The number of fused-ring (bicyclic) bond motifs is 1. The van der Waals surface area contributed by atoms with Crippen molar-refractivity contribution in [1.82, 2.24) is 19.6 Å². The highest BCUT2D eigenvalue weighted by molar-refractivity contribution is 5.75. The van der Waals surface area contributed by atoms with E-state index in [1.807, 2.05) is 6.92 Å². The third kappa shape index (κ3) is 3.24. The van der Waals surface area contributed by atoms with Gasteiger partial charge in [0.2, 0.25) is 5.91 Å². The van der Waals surface area contributed by atoms with Crippen molar-refractivity contribution in [2.45, 2.75) is 39.2 Å². The standard InChI is InChI=1S/C13H19N5O2/c1-10-9-11-13(20)17(7-8-18(11)16-10)6-4-2-3-5-12(19)15-14/h7-9H,2-6,14H2,1H3,(H,15,19). The average molecular weight is 277 g/mol. The maximum Gasteiger partial charge on any atom is 0.276 e. The number of nitrogens with zero attached hydrogens (tertiary/aromatic N) is 3. The largest absolute Gasteiger partial charge is 0.312 e. The lowest BCUT2D eigenvalue weighted by Crippen LogP contribution is -2.29. The molecule has 0 fully saturated rings. The van der Waals surface area contributed by atoms with Crippen LogP contribution in [0.25, 0.3) is 5.52 Å². The van der Waals surface area contributed by atoms with Gasteiger partial charge in [0.15, 0.2) is 0 Å². The Morgan fingerprint density at radius 1 is 1.35 bits per heavy atom. The lowest BCUT2D eigenvalue weighted by molar-refractivity contribution is -0.121. The van der Waals surface area contributed by atoms with Gasteiger partial charge in [-0.25, -0.2) is 10.4 Å². The van der Waals surface area contributed by atoms with Crippen LogP contribution in [0, 0.1) is 6.92 Å². The number of nitrogens with two attached hydrogens (primary N) is 1. The van der Waals surface area contributed by atoms with Crippen molar-refractivity contribution in [3.63, 3.8) is 0 Å². The van der Waals surface area contributed by atoms with Gasteiger partial charge in [-0.3, -0.25) is 15.0 Å². The van der Waals surface area contributed by atoms with Crippen LogP contribution in [0.1, 0.15) is 31.4 Å². The highest BCUT2D eigenvalue weighted by atomic mass is 16.2. The van der Waals surface area contributed by atoms with E-state index < -0.39 is 0 Å². The number of amides is 1. The summed E-state index contributed by atoms with van der Waals surface area (Å²) in [7, 11) is 0. The molecule has 1 amide bonds. The Kier molecular flexibility index (Phi) is 4.52. The molecular weight excluding hydrogens is 258 g/mol. The summed E-state index contributed by atoms with van der Waals surface area (Å²) in [5, 5.41) is 4.20. The number of aryl methyl sites for hydroxylation is 2. The van der Waals surface area contributed by atoms with Crippen molar-refractivity contribution in [2.24, 2.45) is 5.84 Å².